The molecule has 1 amide bonds. The Balaban J connectivity index is 1.85. The van der Waals surface area contributed by atoms with Gasteiger partial charge >= 0.3 is 10.2 Å². The van der Waals surface area contributed by atoms with Crippen LogP contribution in [0.1, 0.15) is 15.9 Å². The molecule has 0 fully saturated rings. The molecule has 2 heterocycles. The fourth-order valence-corrected chi connectivity index (χ4v) is 3.17. The number of fused-ring (bicyclic) bond motifs is 1. The summed E-state index contributed by atoms with van der Waals surface area (Å²) >= 11 is 0. The van der Waals surface area contributed by atoms with Crippen LogP contribution in [0.3, 0.4) is 0 Å². The molecule has 0 aliphatic carbocycles. The highest BCUT2D eigenvalue weighted by atomic mass is 32.2. The molecular formula is C16H18N4O3S. The van der Waals surface area contributed by atoms with Crippen LogP contribution in [0.15, 0.2) is 42.7 Å². The molecule has 3 rings (SSSR count). The highest BCUT2D eigenvalue weighted by Gasteiger charge is 2.26. The normalized spacial score (nSPS) is 13.9. The summed E-state index contributed by atoms with van der Waals surface area (Å²) in [4.78, 5) is 18.2. The van der Waals surface area contributed by atoms with Crippen molar-refractivity contribution < 1.29 is 13.2 Å². The number of carbonyl (C=O) groups is 1. The first kappa shape index (κ1) is 16.4. The molecule has 0 saturated carbocycles. The lowest BCUT2D eigenvalue weighted by molar-refractivity contribution is 0.0989. The summed E-state index contributed by atoms with van der Waals surface area (Å²) in [5.41, 5.74) is 2.75. The van der Waals surface area contributed by atoms with E-state index >= 15 is 0 Å². The first-order valence-electron chi connectivity index (χ1n) is 7.43. The standard InChI is InChI=1S/C16H18N4O3S/c1-19(2)24(22,23)18-14-5-6-15-12(10-14)7-9-20(15)16(21)13-4-3-8-17-11-13/h3-6,8,10-11,18H,7,9H2,1-2H3. The van der Waals surface area contributed by atoms with E-state index < -0.39 is 10.2 Å². The van der Waals surface area contributed by atoms with Crippen molar-refractivity contribution in [2.45, 2.75) is 6.42 Å². The SMILES string of the molecule is CN(C)S(=O)(=O)Nc1ccc2c(c1)CCN2C(=O)c1cccnc1. The van der Waals surface area contributed by atoms with Crippen LogP contribution < -0.4 is 9.62 Å². The largest absolute Gasteiger partial charge is 0.308 e. The van der Waals surface area contributed by atoms with Gasteiger partial charge in [0.15, 0.2) is 0 Å². The molecule has 7 nitrogen and oxygen atoms in total. The quantitative estimate of drug-likeness (QED) is 0.909. The Kier molecular flexibility index (Phi) is 4.25. The van der Waals surface area contributed by atoms with Crippen molar-refractivity contribution >= 4 is 27.5 Å². The Morgan fingerprint density at radius 2 is 2.08 bits per heavy atom. The molecule has 126 valence electrons. The second-order valence-electron chi connectivity index (χ2n) is 5.68. The van der Waals surface area contributed by atoms with Crippen LogP contribution in [0.25, 0.3) is 0 Å². The Morgan fingerprint density at radius 3 is 2.75 bits per heavy atom. The second kappa shape index (κ2) is 6.21. The molecule has 0 saturated heterocycles. The number of amides is 1. The van der Waals surface area contributed by atoms with Gasteiger partial charge in [0.1, 0.15) is 0 Å². The molecule has 1 aromatic heterocycles. The molecule has 0 radical (unpaired) electrons. The summed E-state index contributed by atoms with van der Waals surface area (Å²) < 4.78 is 27.4. The average Bonchev–Trinajstić information content (AvgIpc) is 2.97. The third-order valence-corrected chi connectivity index (χ3v) is 5.31. The van der Waals surface area contributed by atoms with E-state index in [-0.39, 0.29) is 5.91 Å². The Bertz CT molecular complexity index is 866. The van der Waals surface area contributed by atoms with Gasteiger partial charge in [-0.2, -0.15) is 12.7 Å². The van der Waals surface area contributed by atoms with Gasteiger partial charge in [0.05, 0.1) is 11.3 Å². The fraction of sp³-hybridized carbons (Fsp3) is 0.250. The Morgan fingerprint density at radius 1 is 1.29 bits per heavy atom. The molecule has 1 aliphatic rings. The van der Waals surface area contributed by atoms with Crippen LogP contribution in [-0.2, 0) is 16.6 Å². The molecule has 0 spiro atoms. The fourth-order valence-electron chi connectivity index (χ4n) is 2.56. The third-order valence-electron chi connectivity index (χ3n) is 3.86. The molecular weight excluding hydrogens is 328 g/mol. The van der Waals surface area contributed by atoms with Gasteiger partial charge in [0.25, 0.3) is 5.91 Å². The first-order chi connectivity index (χ1) is 11.4. The number of carbonyl (C=O) groups excluding carboxylic acids is 1. The van der Waals surface area contributed by atoms with Crippen molar-refractivity contribution in [1.29, 1.82) is 0 Å². The van der Waals surface area contributed by atoms with Crippen LogP contribution in [0.2, 0.25) is 0 Å². The van der Waals surface area contributed by atoms with E-state index in [0.29, 0.717) is 24.2 Å². The highest BCUT2D eigenvalue weighted by Crippen LogP contribution is 2.31. The number of rotatable bonds is 4. The van der Waals surface area contributed by atoms with Crippen molar-refractivity contribution in [3.05, 3.63) is 53.9 Å². The summed E-state index contributed by atoms with van der Waals surface area (Å²) in [5, 5.41) is 0. The average molecular weight is 346 g/mol. The van der Waals surface area contributed by atoms with Gasteiger partial charge in [0.2, 0.25) is 0 Å². The van der Waals surface area contributed by atoms with Gasteiger partial charge < -0.3 is 4.90 Å². The molecule has 0 bridgehead atoms. The van der Waals surface area contributed by atoms with E-state index in [0.717, 1.165) is 15.6 Å². The summed E-state index contributed by atoms with van der Waals surface area (Å²) in [5.74, 6) is -0.108. The summed E-state index contributed by atoms with van der Waals surface area (Å²) in [6, 6.07) is 8.65. The van der Waals surface area contributed by atoms with Gasteiger partial charge in [-0.05, 0) is 42.3 Å². The minimum Gasteiger partial charge on any atom is -0.308 e. The zero-order valence-corrected chi connectivity index (χ0v) is 14.2. The van der Waals surface area contributed by atoms with E-state index in [4.69, 9.17) is 0 Å². The molecule has 0 unspecified atom stereocenters. The second-order valence-corrected chi connectivity index (χ2v) is 7.57. The highest BCUT2D eigenvalue weighted by molar-refractivity contribution is 7.90. The van der Waals surface area contributed by atoms with Crippen molar-refractivity contribution in [1.82, 2.24) is 9.29 Å². The maximum absolute atomic E-state index is 12.6. The van der Waals surface area contributed by atoms with Crippen LogP contribution in [0.4, 0.5) is 11.4 Å². The van der Waals surface area contributed by atoms with Crippen LogP contribution >= 0.6 is 0 Å². The van der Waals surface area contributed by atoms with Crippen LogP contribution in [0.5, 0.6) is 0 Å². The lowest BCUT2D eigenvalue weighted by Crippen LogP contribution is -2.29. The molecule has 1 aliphatic heterocycles. The monoisotopic (exact) mass is 346 g/mol. The first-order valence-corrected chi connectivity index (χ1v) is 8.87. The van der Waals surface area contributed by atoms with Gasteiger partial charge in [-0.25, -0.2) is 0 Å². The minimum atomic E-state index is -3.55. The van der Waals surface area contributed by atoms with E-state index in [2.05, 4.69) is 9.71 Å². The smallest absolute Gasteiger partial charge is 0.301 e. The van der Waals surface area contributed by atoms with E-state index in [9.17, 15) is 13.2 Å². The lowest BCUT2D eigenvalue weighted by atomic mass is 10.1. The van der Waals surface area contributed by atoms with E-state index in [1.165, 1.54) is 14.1 Å². The molecule has 24 heavy (non-hydrogen) atoms. The van der Waals surface area contributed by atoms with Gasteiger partial charge in [-0.1, -0.05) is 0 Å². The molecule has 1 aromatic carbocycles. The predicted molar refractivity (Wildman–Crippen MR) is 92.3 cm³/mol. The number of benzene rings is 1. The van der Waals surface area contributed by atoms with E-state index in [1.54, 1.807) is 47.6 Å². The lowest BCUT2D eigenvalue weighted by Gasteiger charge is -2.18. The minimum absolute atomic E-state index is 0.108. The molecule has 0 atom stereocenters. The van der Waals surface area contributed by atoms with Crippen molar-refractivity contribution in [3.8, 4) is 0 Å². The van der Waals surface area contributed by atoms with Crippen LogP contribution in [0, 0.1) is 0 Å². The van der Waals surface area contributed by atoms with E-state index in [1.807, 2.05) is 0 Å². The zero-order valence-electron chi connectivity index (χ0n) is 13.4. The Hall–Kier alpha value is -2.45. The number of pyridine rings is 1. The summed E-state index contributed by atoms with van der Waals surface area (Å²) in [7, 11) is -0.622. The number of aromatic nitrogens is 1. The van der Waals surface area contributed by atoms with Crippen molar-refractivity contribution in [3.63, 3.8) is 0 Å². The van der Waals surface area contributed by atoms with Crippen molar-refractivity contribution in [2.75, 3.05) is 30.3 Å². The Labute approximate surface area is 141 Å². The summed E-state index contributed by atoms with van der Waals surface area (Å²) in [6.07, 6.45) is 3.84. The van der Waals surface area contributed by atoms with Crippen LogP contribution in [-0.4, -0.2) is 44.3 Å². The van der Waals surface area contributed by atoms with Gasteiger partial charge in [-0.15, -0.1) is 0 Å². The molecule has 8 heteroatoms. The molecule has 2 aromatic rings. The predicted octanol–water partition coefficient (Wildman–Crippen LogP) is 1.50. The topological polar surface area (TPSA) is 82.6 Å². The van der Waals surface area contributed by atoms with Crippen molar-refractivity contribution in [2.24, 2.45) is 0 Å². The number of anilines is 2. The third kappa shape index (κ3) is 3.10. The number of nitrogens with one attached hydrogen (secondary N) is 1. The number of hydrogen-bond acceptors (Lipinski definition) is 4. The summed E-state index contributed by atoms with van der Waals surface area (Å²) in [6.45, 7) is 0.562. The number of nitrogens with zero attached hydrogens (tertiary/aromatic N) is 3. The maximum atomic E-state index is 12.6. The zero-order chi connectivity index (χ0) is 17.3. The van der Waals surface area contributed by atoms with Gasteiger partial charge in [-0.3, -0.25) is 14.5 Å². The number of hydrogen-bond donors (Lipinski definition) is 1. The maximum Gasteiger partial charge on any atom is 0.301 e. The van der Waals surface area contributed by atoms with Gasteiger partial charge in [0, 0.05) is 38.7 Å². The molecule has 1 N–H and O–H groups in total.